The number of hydrogen-bond donors (Lipinski definition) is 1. The third kappa shape index (κ3) is 3.32. The van der Waals surface area contributed by atoms with Gasteiger partial charge in [-0.05, 0) is 20.3 Å². The molecular weight excluding hydrogens is 284 g/mol. The first-order chi connectivity index (χ1) is 9.11. The zero-order valence-electron chi connectivity index (χ0n) is 10.9. The number of anilines is 1. The number of aryl methyl sites for hydroxylation is 2. The van der Waals surface area contributed by atoms with E-state index in [0.717, 1.165) is 16.5 Å². The Balaban J connectivity index is 2.05. The summed E-state index contributed by atoms with van der Waals surface area (Å²) in [6.45, 7) is 5.54. The van der Waals surface area contributed by atoms with Crippen LogP contribution in [-0.2, 0) is 0 Å². The number of hydrogen-bond acceptors (Lipinski definition) is 7. The molecule has 0 aliphatic heterocycles. The summed E-state index contributed by atoms with van der Waals surface area (Å²) in [6.07, 6.45) is 1.07. The van der Waals surface area contributed by atoms with Gasteiger partial charge in [0, 0.05) is 5.75 Å². The summed E-state index contributed by atoms with van der Waals surface area (Å²) in [6, 6.07) is 0. The van der Waals surface area contributed by atoms with E-state index in [9.17, 15) is 4.79 Å². The molecule has 0 fully saturated rings. The van der Waals surface area contributed by atoms with Crippen LogP contribution in [0.5, 0.6) is 0 Å². The zero-order valence-corrected chi connectivity index (χ0v) is 12.5. The summed E-state index contributed by atoms with van der Waals surface area (Å²) in [4.78, 5) is 12.1. The molecule has 0 unspecified atom stereocenters. The lowest BCUT2D eigenvalue weighted by atomic mass is 10.2. The predicted molar refractivity (Wildman–Crippen MR) is 74.9 cm³/mol. The standard InChI is InChI=1S/C11H14N4O2S2/c1-4-5-18-11-14-13-10(19-11)12-9(16)8-6(2)15-17-7(8)3/h4-5H2,1-3H3,(H,12,13,16). The first-order valence-corrected chi connectivity index (χ1v) is 7.62. The van der Waals surface area contributed by atoms with Crippen molar-refractivity contribution >= 4 is 34.1 Å². The average Bonchev–Trinajstić information content (AvgIpc) is 2.94. The van der Waals surface area contributed by atoms with Crippen LogP contribution in [0.4, 0.5) is 5.13 Å². The second kappa shape index (κ2) is 6.16. The molecule has 0 saturated carbocycles. The third-order valence-electron chi connectivity index (χ3n) is 2.32. The molecule has 2 aromatic rings. The Bertz CT molecular complexity index is 560. The number of amides is 1. The Morgan fingerprint density at radius 2 is 2.21 bits per heavy atom. The van der Waals surface area contributed by atoms with Crippen molar-refractivity contribution < 1.29 is 9.32 Å². The summed E-state index contributed by atoms with van der Waals surface area (Å²) >= 11 is 3.00. The van der Waals surface area contributed by atoms with Crippen LogP contribution in [-0.4, -0.2) is 27.0 Å². The Morgan fingerprint density at radius 1 is 1.42 bits per heavy atom. The maximum atomic E-state index is 12.1. The van der Waals surface area contributed by atoms with E-state index < -0.39 is 0 Å². The molecule has 0 saturated heterocycles. The van der Waals surface area contributed by atoms with Gasteiger partial charge in [-0.1, -0.05) is 35.2 Å². The minimum atomic E-state index is -0.264. The van der Waals surface area contributed by atoms with E-state index >= 15 is 0 Å². The van der Waals surface area contributed by atoms with Gasteiger partial charge in [0.2, 0.25) is 5.13 Å². The molecular formula is C11H14N4O2S2. The molecule has 19 heavy (non-hydrogen) atoms. The van der Waals surface area contributed by atoms with Crippen molar-refractivity contribution in [1.82, 2.24) is 15.4 Å². The molecule has 8 heteroatoms. The van der Waals surface area contributed by atoms with Gasteiger partial charge in [-0.15, -0.1) is 10.2 Å². The number of carbonyl (C=O) groups excluding carboxylic acids is 1. The Labute approximate surface area is 119 Å². The number of nitrogens with one attached hydrogen (secondary N) is 1. The minimum Gasteiger partial charge on any atom is -0.361 e. The van der Waals surface area contributed by atoms with E-state index in [2.05, 4.69) is 27.6 Å². The van der Waals surface area contributed by atoms with Gasteiger partial charge >= 0.3 is 0 Å². The highest BCUT2D eigenvalue weighted by Crippen LogP contribution is 2.26. The van der Waals surface area contributed by atoms with Crippen molar-refractivity contribution in [3.05, 3.63) is 17.0 Å². The number of thioether (sulfide) groups is 1. The van der Waals surface area contributed by atoms with E-state index in [4.69, 9.17) is 4.52 Å². The Morgan fingerprint density at radius 3 is 2.84 bits per heavy atom. The lowest BCUT2D eigenvalue weighted by Crippen LogP contribution is -2.13. The van der Waals surface area contributed by atoms with Crippen molar-refractivity contribution in [2.24, 2.45) is 0 Å². The number of aromatic nitrogens is 3. The fourth-order valence-electron chi connectivity index (χ4n) is 1.47. The van der Waals surface area contributed by atoms with Gasteiger partial charge in [0.1, 0.15) is 11.3 Å². The van der Waals surface area contributed by atoms with Gasteiger partial charge in [0.25, 0.3) is 5.91 Å². The number of carbonyl (C=O) groups is 1. The third-order valence-corrected chi connectivity index (χ3v) is 4.49. The summed E-state index contributed by atoms with van der Waals surface area (Å²) in [7, 11) is 0. The molecule has 2 heterocycles. The van der Waals surface area contributed by atoms with Crippen LogP contribution in [0.2, 0.25) is 0 Å². The largest absolute Gasteiger partial charge is 0.361 e. The van der Waals surface area contributed by atoms with E-state index in [0.29, 0.717) is 22.1 Å². The minimum absolute atomic E-state index is 0.264. The SMILES string of the molecule is CCCSc1nnc(NC(=O)c2c(C)noc2C)s1. The predicted octanol–water partition coefficient (Wildman–Crippen LogP) is 2.90. The van der Waals surface area contributed by atoms with Crippen molar-refractivity contribution in [1.29, 1.82) is 0 Å². The maximum Gasteiger partial charge on any atom is 0.263 e. The fourth-order valence-corrected chi connectivity index (χ4v) is 3.15. The van der Waals surface area contributed by atoms with Crippen LogP contribution in [0.15, 0.2) is 8.86 Å². The van der Waals surface area contributed by atoms with E-state index in [1.165, 1.54) is 11.3 Å². The molecule has 0 aromatic carbocycles. The molecule has 0 aliphatic rings. The molecule has 0 atom stereocenters. The summed E-state index contributed by atoms with van der Waals surface area (Å²) in [5, 5.41) is 14.9. The van der Waals surface area contributed by atoms with E-state index in [1.807, 2.05) is 0 Å². The number of rotatable bonds is 5. The van der Waals surface area contributed by atoms with Gasteiger partial charge in [-0.3, -0.25) is 10.1 Å². The van der Waals surface area contributed by atoms with Crippen molar-refractivity contribution in [2.45, 2.75) is 31.5 Å². The molecule has 0 spiro atoms. The first kappa shape index (κ1) is 14.0. The van der Waals surface area contributed by atoms with Crippen molar-refractivity contribution in [3.63, 3.8) is 0 Å². The zero-order chi connectivity index (χ0) is 13.8. The second-order valence-electron chi connectivity index (χ2n) is 3.87. The van der Waals surface area contributed by atoms with Crippen LogP contribution < -0.4 is 5.32 Å². The normalized spacial score (nSPS) is 10.7. The van der Waals surface area contributed by atoms with Crippen molar-refractivity contribution in [3.8, 4) is 0 Å². The molecule has 1 N–H and O–H groups in total. The first-order valence-electron chi connectivity index (χ1n) is 5.82. The maximum absolute atomic E-state index is 12.1. The van der Waals surface area contributed by atoms with Crippen LogP contribution in [0.25, 0.3) is 0 Å². The molecule has 2 rings (SSSR count). The van der Waals surface area contributed by atoms with Gasteiger partial charge in [0.05, 0.1) is 5.69 Å². The summed E-state index contributed by atoms with van der Waals surface area (Å²) in [5.74, 6) is 1.23. The highest BCUT2D eigenvalue weighted by atomic mass is 32.2. The van der Waals surface area contributed by atoms with Crippen LogP contribution in [0.1, 0.15) is 35.2 Å². The smallest absolute Gasteiger partial charge is 0.263 e. The van der Waals surface area contributed by atoms with Gasteiger partial charge in [-0.2, -0.15) is 0 Å². The number of nitrogens with zero attached hydrogens (tertiary/aromatic N) is 3. The lowest BCUT2D eigenvalue weighted by Gasteiger charge is -1.99. The monoisotopic (exact) mass is 298 g/mol. The summed E-state index contributed by atoms with van der Waals surface area (Å²) in [5.41, 5.74) is 1.03. The van der Waals surface area contributed by atoms with E-state index in [1.54, 1.807) is 25.6 Å². The van der Waals surface area contributed by atoms with Crippen LogP contribution >= 0.6 is 23.1 Å². The molecule has 102 valence electrons. The van der Waals surface area contributed by atoms with Crippen LogP contribution in [0, 0.1) is 13.8 Å². The molecule has 1 amide bonds. The Kier molecular flexibility index (Phi) is 4.54. The van der Waals surface area contributed by atoms with Gasteiger partial charge < -0.3 is 4.52 Å². The van der Waals surface area contributed by atoms with Crippen LogP contribution in [0.3, 0.4) is 0 Å². The molecule has 0 radical (unpaired) electrons. The van der Waals surface area contributed by atoms with Crippen molar-refractivity contribution in [2.75, 3.05) is 11.1 Å². The van der Waals surface area contributed by atoms with Gasteiger partial charge in [-0.25, -0.2) is 0 Å². The van der Waals surface area contributed by atoms with Gasteiger partial charge in [0.15, 0.2) is 4.34 Å². The average molecular weight is 298 g/mol. The molecule has 0 aliphatic carbocycles. The fraction of sp³-hybridized carbons (Fsp3) is 0.455. The topological polar surface area (TPSA) is 80.9 Å². The molecule has 0 bridgehead atoms. The molecule has 2 aromatic heterocycles. The highest BCUT2D eigenvalue weighted by molar-refractivity contribution is 8.01. The Hall–Kier alpha value is -1.41. The summed E-state index contributed by atoms with van der Waals surface area (Å²) < 4.78 is 5.82. The van der Waals surface area contributed by atoms with E-state index in [-0.39, 0.29) is 5.91 Å². The highest BCUT2D eigenvalue weighted by Gasteiger charge is 2.18. The molecule has 6 nitrogen and oxygen atoms in total. The quantitative estimate of drug-likeness (QED) is 0.675. The second-order valence-corrected chi connectivity index (χ2v) is 6.19. The lowest BCUT2D eigenvalue weighted by molar-refractivity contribution is 0.102.